The second-order valence-corrected chi connectivity index (χ2v) is 7.91. The molecule has 0 amide bonds. The number of hydrogen-bond donors (Lipinski definition) is 0. The van der Waals surface area contributed by atoms with Crippen LogP contribution in [0.15, 0.2) is 41.3 Å². The van der Waals surface area contributed by atoms with E-state index < -0.39 is 10.0 Å². The molecule has 0 aromatic heterocycles. The van der Waals surface area contributed by atoms with Crippen LogP contribution in [0.3, 0.4) is 0 Å². The van der Waals surface area contributed by atoms with Crippen LogP contribution in [0.1, 0.15) is 34.8 Å². The number of para-hydroxylation sites is 1. The number of benzene rings is 2. The minimum atomic E-state index is -3.76. The maximum Gasteiger partial charge on any atom is 0.264 e. The Morgan fingerprint density at radius 1 is 1.12 bits per heavy atom. The SMILES string of the molecule is CCOc1cc(C)c(S(=O)(=O)N2CCC(=O)c3ccccc32)cc1C. The molecule has 25 heavy (non-hydrogen) atoms. The number of ether oxygens (including phenoxy) is 1. The number of carbonyl (C=O) groups excluding carboxylic acids is 1. The van der Waals surface area contributed by atoms with Crippen molar-refractivity contribution < 1.29 is 17.9 Å². The van der Waals surface area contributed by atoms with Crippen molar-refractivity contribution in [3.63, 3.8) is 0 Å². The highest BCUT2D eigenvalue weighted by atomic mass is 32.2. The molecule has 5 nitrogen and oxygen atoms in total. The molecule has 0 radical (unpaired) electrons. The molecule has 2 aromatic carbocycles. The van der Waals surface area contributed by atoms with Crippen molar-refractivity contribution in [1.82, 2.24) is 0 Å². The number of carbonyl (C=O) groups is 1. The number of nitrogens with zero attached hydrogens (tertiary/aromatic N) is 1. The minimum Gasteiger partial charge on any atom is -0.494 e. The normalized spacial score (nSPS) is 14.4. The standard InChI is InChI=1S/C19H21NO4S/c1-4-24-18-11-14(3)19(12-13(18)2)25(22,23)20-10-9-17(21)15-7-5-6-8-16(15)20/h5-8,11-12H,4,9-10H2,1-3H3. The quantitative estimate of drug-likeness (QED) is 0.838. The topological polar surface area (TPSA) is 63.7 Å². The summed E-state index contributed by atoms with van der Waals surface area (Å²) in [7, 11) is -3.76. The number of hydrogen-bond acceptors (Lipinski definition) is 4. The van der Waals surface area contributed by atoms with Crippen LogP contribution in [-0.2, 0) is 10.0 Å². The lowest BCUT2D eigenvalue weighted by Gasteiger charge is -2.30. The Balaban J connectivity index is 2.11. The van der Waals surface area contributed by atoms with Gasteiger partial charge in [0.05, 0.1) is 17.2 Å². The molecule has 1 aliphatic rings. The fraction of sp³-hybridized carbons (Fsp3) is 0.316. The molecule has 0 N–H and O–H groups in total. The van der Waals surface area contributed by atoms with Crippen LogP contribution in [0.2, 0.25) is 0 Å². The second-order valence-electron chi connectivity index (χ2n) is 6.08. The Bertz CT molecular complexity index is 934. The number of fused-ring (bicyclic) bond motifs is 1. The summed E-state index contributed by atoms with van der Waals surface area (Å²) in [4.78, 5) is 12.3. The van der Waals surface area contributed by atoms with Crippen LogP contribution in [-0.4, -0.2) is 27.4 Å². The van der Waals surface area contributed by atoms with E-state index in [1.165, 1.54) is 4.31 Å². The first-order valence-electron chi connectivity index (χ1n) is 8.25. The molecule has 132 valence electrons. The minimum absolute atomic E-state index is 0.0263. The van der Waals surface area contributed by atoms with E-state index in [4.69, 9.17) is 4.74 Å². The van der Waals surface area contributed by atoms with Crippen molar-refractivity contribution in [2.45, 2.75) is 32.1 Å². The first-order valence-corrected chi connectivity index (χ1v) is 9.69. The Kier molecular flexibility index (Phi) is 4.56. The number of ketones is 1. The van der Waals surface area contributed by atoms with Gasteiger partial charge in [-0.05, 0) is 56.2 Å². The maximum absolute atomic E-state index is 13.3. The number of sulfonamides is 1. The van der Waals surface area contributed by atoms with Gasteiger partial charge < -0.3 is 4.74 Å². The average Bonchev–Trinajstić information content (AvgIpc) is 2.58. The second kappa shape index (κ2) is 6.52. The number of anilines is 1. The predicted octanol–water partition coefficient (Wildman–Crippen LogP) is 3.48. The first-order chi connectivity index (χ1) is 11.9. The van der Waals surface area contributed by atoms with E-state index in [0.717, 1.165) is 5.56 Å². The molecule has 0 unspecified atom stereocenters. The maximum atomic E-state index is 13.3. The van der Waals surface area contributed by atoms with Crippen molar-refractivity contribution in [3.8, 4) is 5.75 Å². The Labute approximate surface area is 148 Å². The lowest BCUT2D eigenvalue weighted by molar-refractivity contribution is 0.0982. The van der Waals surface area contributed by atoms with Crippen LogP contribution in [0.25, 0.3) is 0 Å². The predicted molar refractivity (Wildman–Crippen MR) is 97.0 cm³/mol. The highest BCUT2D eigenvalue weighted by Crippen LogP contribution is 2.34. The molecule has 2 aromatic rings. The van der Waals surface area contributed by atoms with Gasteiger partial charge in [0.15, 0.2) is 5.78 Å². The summed E-state index contributed by atoms with van der Waals surface area (Å²) < 4.78 is 33.4. The van der Waals surface area contributed by atoms with Gasteiger partial charge in [-0.2, -0.15) is 0 Å². The zero-order chi connectivity index (χ0) is 18.2. The van der Waals surface area contributed by atoms with E-state index >= 15 is 0 Å². The fourth-order valence-electron chi connectivity index (χ4n) is 3.11. The smallest absolute Gasteiger partial charge is 0.264 e. The molecular weight excluding hydrogens is 338 g/mol. The van der Waals surface area contributed by atoms with Gasteiger partial charge in [-0.15, -0.1) is 0 Å². The summed E-state index contributed by atoms with van der Waals surface area (Å²) in [5.74, 6) is 0.662. The molecule has 0 saturated carbocycles. The molecule has 0 saturated heterocycles. The Morgan fingerprint density at radius 2 is 1.84 bits per heavy atom. The zero-order valence-electron chi connectivity index (χ0n) is 14.6. The lowest BCUT2D eigenvalue weighted by atomic mass is 10.0. The summed E-state index contributed by atoms with van der Waals surface area (Å²) >= 11 is 0. The lowest BCUT2D eigenvalue weighted by Crippen LogP contribution is -2.37. The van der Waals surface area contributed by atoms with Crippen LogP contribution in [0, 0.1) is 13.8 Å². The molecular formula is C19H21NO4S. The van der Waals surface area contributed by atoms with Crippen LogP contribution in [0.4, 0.5) is 5.69 Å². The molecule has 6 heteroatoms. The third kappa shape index (κ3) is 3.02. The molecule has 0 bridgehead atoms. The first kappa shape index (κ1) is 17.5. The van der Waals surface area contributed by atoms with Crippen molar-refractivity contribution in [1.29, 1.82) is 0 Å². The van der Waals surface area contributed by atoms with Gasteiger partial charge >= 0.3 is 0 Å². The zero-order valence-corrected chi connectivity index (χ0v) is 15.4. The van der Waals surface area contributed by atoms with E-state index in [-0.39, 0.29) is 23.6 Å². The van der Waals surface area contributed by atoms with Gasteiger partial charge in [-0.3, -0.25) is 9.10 Å². The summed E-state index contributed by atoms with van der Waals surface area (Å²) in [5, 5.41) is 0. The Hall–Kier alpha value is -2.34. The van der Waals surface area contributed by atoms with Crippen LogP contribution >= 0.6 is 0 Å². The monoisotopic (exact) mass is 359 g/mol. The molecule has 1 heterocycles. The van der Waals surface area contributed by atoms with E-state index in [2.05, 4.69) is 0 Å². The fourth-order valence-corrected chi connectivity index (χ4v) is 4.88. The van der Waals surface area contributed by atoms with Crippen molar-refractivity contribution in [2.24, 2.45) is 0 Å². The molecule has 3 rings (SSSR count). The van der Waals surface area contributed by atoms with E-state index in [1.54, 1.807) is 43.3 Å². The number of rotatable bonds is 4. The molecule has 0 spiro atoms. The molecule has 1 aliphatic heterocycles. The van der Waals surface area contributed by atoms with Gasteiger partial charge in [0.25, 0.3) is 10.0 Å². The summed E-state index contributed by atoms with van der Waals surface area (Å²) in [6.07, 6.45) is 0.186. The van der Waals surface area contributed by atoms with Crippen molar-refractivity contribution in [2.75, 3.05) is 17.5 Å². The van der Waals surface area contributed by atoms with E-state index in [0.29, 0.717) is 29.2 Å². The average molecular weight is 359 g/mol. The highest BCUT2D eigenvalue weighted by Gasteiger charge is 2.33. The van der Waals surface area contributed by atoms with Crippen LogP contribution < -0.4 is 9.04 Å². The van der Waals surface area contributed by atoms with Gasteiger partial charge in [0.2, 0.25) is 0 Å². The van der Waals surface area contributed by atoms with Gasteiger partial charge in [0.1, 0.15) is 5.75 Å². The molecule has 0 aliphatic carbocycles. The van der Waals surface area contributed by atoms with E-state index in [1.807, 2.05) is 13.8 Å². The van der Waals surface area contributed by atoms with E-state index in [9.17, 15) is 13.2 Å². The number of aryl methyl sites for hydroxylation is 2. The summed E-state index contributed by atoms with van der Waals surface area (Å²) in [5.41, 5.74) is 2.30. The summed E-state index contributed by atoms with van der Waals surface area (Å²) in [6.45, 7) is 6.16. The molecule has 0 atom stereocenters. The van der Waals surface area contributed by atoms with Gasteiger partial charge in [-0.1, -0.05) is 12.1 Å². The number of Topliss-reactive ketones (excluding diaryl/α,β-unsaturated/α-hetero) is 1. The molecule has 0 fully saturated rings. The van der Waals surface area contributed by atoms with Gasteiger partial charge in [0, 0.05) is 18.5 Å². The largest absolute Gasteiger partial charge is 0.494 e. The highest BCUT2D eigenvalue weighted by molar-refractivity contribution is 7.93. The third-order valence-corrected chi connectivity index (χ3v) is 6.31. The van der Waals surface area contributed by atoms with Gasteiger partial charge in [-0.25, -0.2) is 8.42 Å². The third-order valence-electron chi connectivity index (χ3n) is 4.36. The van der Waals surface area contributed by atoms with Crippen molar-refractivity contribution in [3.05, 3.63) is 53.1 Å². The summed E-state index contributed by atoms with van der Waals surface area (Å²) in [6, 6.07) is 10.3. The van der Waals surface area contributed by atoms with Crippen LogP contribution in [0.5, 0.6) is 5.75 Å². The Morgan fingerprint density at radius 3 is 2.56 bits per heavy atom. The van der Waals surface area contributed by atoms with Crippen molar-refractivity contribution >= 4 is 21.5 Å².